The van der Waals surface area contributed by atoms with E-state index in [4.69, 9.17) is 9.47 Å². The molecule has 0 saturated carbocycles. The molecule has 154 valence electrons. The Morgan fingerprint density at radius 2 is 1.00 bits per heavy atom. The molecule has 2 rings (SSSR count). The molecule has 0 bridgehead atoms. The Labute approximate surface area is 170 Å². The average molecular weight is 385 g/mol. The van der Waals surface area contributed by atoms with Crippen LogP contribution in [0.15, 0.2) is 48.5 Å². The summed E-state index contributed by atoms with van der Waals surface area (Å²) in [7, 11) is 3.41. The van der Waals surface area contributed by atoms with Crippen LogP contribution < -0.4 is 20.1 Å². The molecule has 2 aromatic carbocycles. The van der Waals surface area contributed by atoms with Gasteiger partial charge in [0, 0.05) is 0 Å². The highest BCUT2D eigenvalue weighted by Gasteiger charge is 2.24. The minimum absolute atomic E-state index is 0.183. The van der Waals surface area contributed by atoms with E-state index in [0.717, 1.165) is 37.4 Å². The molecule has 0 radical (unpaired) electrons. The molecule has 0 saturated heterocycles. The van der Waals surface area contributed by atoms with Crippen molar-refractivity contribution in [3.8, 4) is 11.5 Å². The van der Waals surface area contributed by atoms with Crippen LogP contribution in [0.1, 0.15) is 62.7 Å². The normalized spacial score (nSPS) is 13.1. The molecule has 0 amide bonds. The summed E-state index contributed by atoms with van der Waals surface area (Å²) in [5.74, 6) is 1.77. The van der Waals surface area contributed by atoms with Gasteiger partial charge in [0.2, 0.25) is 0 Å². The quantitative estimate of drug-likeness (QED) is 0.462. The van der Waals surface area contributed by atoms with Crippen molar-refractivity contribution in [2.24, 2.45) is 0 Å². The van der Waals surface area contributed by atoms with Crippen LogP contribution in [0, 0.1) is 0 Å². The van der Waals surface area contributed by atoms with Gasteiger partial charge in [0.05, 0.1) is 26.3 Å². The SMILES string of the molecule is CCCCNC(c1ccc(OC)cc1)C(NCCCC)c1ccc(OC)cc1. The van der Waals surface area contributed by atoms with Crippen molar-refractivity contribution in [2.45, 2.75) is 51.6 Å². The Kier molecular flexibility index (Phi) is 9.87. The summed E-state index contributed by atoms with van der Waals surface area (Å²) in [5.41, 5.74) is 2.53. The van der Waals surface area contributed by atoms with Crippen LogP contribution in [-0.4, -0.2) is 27.3 Å². The topological polar surface area (TPSA) is 42.5 Å². The second kappa shape index (κ2) is 12.4. The molecule has 4 nitrogen and oxygen atoms in total. The van der Waals surface area contributed by atoms with E-state index in [1.54, 1.807) is 14.2 Å². The van der Waals surface area contributed by atoms with E-state index in [9.17, 15) is 0 Å². The minimum Gasteiger partial charge on any atom is -0.497 e. The van der Waals surface area contributed by atoms with Gasteiger partial charge >= 0.3 is 0 Å². The maximum absolute atomic E-state index is 5.35. The zero-order valence-electron chi connectivity index (χ0n) is 17.8. The number of rotatable bonds is 13. The number of nitrogens with one attached hydrogen (secondary N) is 2. The summed E-state index contributed by atoms with van der Waals surface area (Å²) >= 11 is 0. The summed E-state index contributed by atoms with van der Waals surface area (Å²) in [6, 6.07) is 17.2. The van der Waals surface area contributed by atoms with Crippen LogP contribution in [0.3, 0.4) is 0 Å². The average Bonchev–Trinajstić information content (AvgIpc) is 2.75. The first kappa shape index (κ1) is 22.3. The fourth-order valence-corrected chi connectivity index (χ4v) is 3.35. The number of ether oxygens (including phenoxy) is 2. The van der Waals surface area contributed by atoms with Crippen LogP contribution in [0.4, 0.5) is 0 Å². The van der Waals surface area contributed by atoms with Gasteiger partial charge in [-0.2, -0.15) is 0 Å². The van der Waals surface area contributed by atoms with Gasteiger partial charge in [-0.05, 0) is 61.3 Å². The lowest BCUT2D eigenvalue weighted by Crippen LogP contribution is -2.36. The Balaban J connectivity index is 2.32. The zero-order valence-corrected chi connectivity index (χ0v) is 17.8. The van der Waals surface area contributed by atoms with Crippen molar-refractivity contribution < 1.29 is 9.47 Å². The van der Waals surface area contributed by atoms with Crippen LogP contribution in [0.2, 0.25) is 0 Å². The van der Waals surface area contributed by atoms with Crippen molar-refractivity contribution in [1.82, 2.24) is 10.6 Å². The molecule has 2 atom stereocenters. The van der Waals surface area contributed by atoms with Crippen LogP contribution in [-0.2, 0) is 0 Å². The number of hydrogen-bond acceptors (Lipinski definition) is 4. The molecule has 0 fully saturated rings. The Morgan fingerprint density at radius 1 is 0.643 bits per heavy atom. The first-order valence-corrected chi connectivity index (χ1v) is 10.5. The summed E-state index contributed by atoms with van der Waals surface area (Å²) in [4.78, 5) is 0. The highest BCUT2D eigenvalue weighted by atomic mass is 16.5. The van der Waals surface area contributed by atoms with Gasteiger partial charge in [-0.3, -0.25) is 0 Å². The van der Waals surface area contributed by atoms with Gasteiger partial charge in [0.15, 0.2) is 0 Å². The van der Waals surface area contributed by atoms with Crippen molar-refractivity contribution in [3.05, 3.63) is 59.7 Å². The molecular weight excluding hydrogens is 348 g/mol. The smallest absolute Gasteiger partial charge is 0.118 e. The lowest BCUT2D eigenvalue weighted by Gasteiger charge is -2.30. The van der Waals surface area contributed by atoms with Crippen LogP contribution in [0.5, 0.6) is 11.5 Å². The molecule has 4 heteroatoms. The van der Waals surface area contributed by atoms with Gasteiger partial charge in [-0.15, -0.1) is 0 Å². The second-order valence-electron chi connectivity index (χ2n) is 7.12. The zero-order chi connectivity index (χ0) is 20.2. The van der Waals surface area contributed by atoms with Gasteiger partial charge in [-0.25, -0.2) is 0 Å². The Morgan fingerprint density at radius 3 is 1.29 bits per heavy atom. The second-order valence-corrected chi connectivity index (χ2v) is 7.12. The van der Waals surface area contributed by atoms with Gasteiger partial charge in [-0.1, -0.05) is 51.0 Å². The number of methoxy groups -OCH3 is 2. The van der Waals surface area contributed by atoms with E-state index in [1.165, 1.54) is 24.0 Å². The molecule has 2 unspecified atom stereocenters. The molecular formula is C24H36N2O2. The molecule has 28 heavy (non-hydrogen) atoms. The molecule has 2 N–H and O–H groups in total. The maximum Gasteiger partial charge on any atom is 0.118 e. The van der Waals surface area contributed by atoms with E-state index >= 15 is 0 Å². The molecule has 0 spiro atoms. The monoisotopic (exact) mass is 384 g/mol. The van der Waals surface area contributed by atoms with Crippen LogP contribution >= 0.6 is 0 Å². The lowest BCUT2D eigenvalue weighted by atomic mass is 9.92. The fraction of sp³-hybridized carbons (Fsp3) is 0.500. The predicted octanol–water partition coefficient (Wildman–Crippen LogP) is 5.27. The highest BCUT2D eigenvalue weighted by molar-refractivity contribution is 5.34. The summed E-state index contributed by atoms with van der Waals surface area (Å²) < 4.78 is 10.7. The number of hydrogen-bond donors (Lipinski definition) is 2. The largest absolute Gasteiger partial charge is 0.497 e. The summed E-state index contributed by atoms with van der Waals surface area (Å²) in [5, 5.41) is 7.59. The number of unbranched alkanes of at least 4 members (excludes halogenated alkanes) is 2. The Bertz CT molecular complexity index is 596. The van der Waals surface area contributed by atoms with E-state index in [-0.39, 0.29) is 12.1 Å². The minimum atomic E-state index is 0.183. The Hall–Kier alpha value is -2.04. The highest BCUT2D eigenvalue weighted by Crippen LogP contribution is 2.31. The maximum atomic E-state index is 5.35. The fourth-order valence-electron chi connectivity index (χ4n) is 3.35. The van der Waals surface area contributed by atoms with Gasteiger partial charge in [0.25, 0.3) is 0 Å². The van der Waals surface area contributed by atoms with Crippen molar-refractivity contribution in [2.75, 3.05) is 27.3 Å². The standard InChI is InChI=1S/C24H36N2O2/c1-5-7-17-25-23(19-9-13-21(27-3)14-10-19)24(26-18-8-6-2)20-11-15-22(28-4)16-12-20/h9-16,23-26H,5-8,17-18H2,1-4H3. The third-order valence-corrected chi connectivity index (χ3v) is 5.07. The van der Waals surface area contributed by atoms with E-state index in [0.29, 0.717) is 0 Å². The molecule has 0 heterocycles. The van der Waals surface area contributed by atoms with Crippen LogP contribution in [0.25, 0.3) is 0 Å². The summed E-state index contributed by atoms with van der Waals surface area (Å²) in [6.45, 7) is 6.44. The molecule has 0 aliphatic heterocycles. The van der Waals surface area contributed by atoms with Gasteiger partial charge < -0.3 is 20.1 Å². The number of benzene rings is 2. The molecule has 0 aliphatic rings. The molecule has 0 aliphatic carbocycles. The predicted molar refractivity (Wildman–Crippen MR) is 117 cm³/mol. The first-order chi connectivity index (χ1) is 13.7. The lowest BCUT2D eigenvalue weighted by molar-refractivity contribution is 0.377. The van der Waals surface area contributed by atoms with Gasteiger partial charge in [0.1, 0.15) is 11.5 Å². The van der Waals surface area contributed by atoms with Crippen molar-refractivity contribution >= 4 is 0 Å². The molecule has 0 aromatic heterocycles. The summed E-state index contributed by atoms with van der Waals surface area (Å²) in [6.07, 6.45) is 4.69. The first-order valence-electron chi connectivity index (χ1n) is 10.5. The van der Waals surface area contributed by atoms with E-state index in [2.05, 4.69) is 48.7 Å². The third-order valence-electron chi connectivity index (χ3n) is 5.07. The van der Waals surface area contributed by atoms with Crippen molar-refractivity contribution in [1.29, 1.82) is 0 Å². The molecule has 2 aromatic rings. The van der Waals surface area contributed by atoms with Crippen molar-refractivity contribution in [3.63, 3.8) is 0 Å². The van der Waals surface area contributed by atoms with E-state index < -0.39 is 0 Å². The van der Waals surface area contributed by atoms with E-state index in [1.807, 2.05) is 24.3 Å². The third kappa shape index (κ3) is 6.54.